The average molecular weight is 486 g/mol. The molecule has 1 aromatic heterocycles. The highest BCUT2D eigenvalue weighted by Crippen LogP contribution is 2.40. The summed E-state index contributed by atoms with van der Waals surface area (Å²) in [5.41, 5.74) is 3.24. The van der Waals surface area contributed by atoms with Crippen molar-refractivity contribution < 1.29 is 4.79 Å². The Balaban J connectivity index is 1.32. The zero-order chi connectivity index (χ0) is 22.1. The molecule has 0 atom stereocenters. The Kier molecular flexibility index (Phi) is 6.15. The third-order valence-electron chi connectivity index (χ3n) is 5.52. The zero-order valence-electron chi connectivity index (χ0n) is 17.1. The molecule has 1 amide bonds. The Hall–Kier alpha value is -2.45. The second-order valence-corrected chi connectivity index (χ2v) is 9.35. The molecule has 0 spiro atoms. The summed E-state index contributed by atoms with van der Waals surface area (Å²) in [5.74, 6) is 0.967. The number of piperazine rings is 1. The van der Waals surface area contributed by atoms with E-state index in [4.69, 9.17) is 23.2 Å². The van der Waals surface area contributed by atoms with E-state index in [0.29, 0.717) is 33.0 Å². The molecule has 2 aliphatic heterocycles. The number of amides is 1. The lowest BCUT2D eigenvalue weighted by Gasteiger charge is -2.29. The Bertz CT molecular complexity index is 1130. The highest BCUT2D eigenvalue weighted by atomic mass is 35.5. The van der Waals surface area contributed by atoms with E-state index in [1.54, 1.807) is 41.1 Å². The number of fused-ring (bicyclic) bond motifs is 1. The molecule has 5 rings (SSSR count). The molecule has 1 fully saturated rings. The van der Waals surface area contributed by atoms with E-state index in [1.807, 2.05) is 6.07 Å². The summed E-state index contributed by atoms with van der Waals surface area (Å²) in [6.45, 7) is 4.05. The summed E-state index contributed by atoms with van der Waals surface area (Å²) in [7, 11) is 0. The minimum absolute atomic E-state index is 0.159. The van der Waals surface area contributed by atoms with Gasteiger partial charge in [0.15, 0.2) is 0 Å². The molecule has 0 aliphatic carbocycles. The van der Waals surface area contributed by atoms with E-state index in [9.17, 15) is 4.79 Å². The van der Waals surface area contributed by atoms with Gasteiger partial charge in [-0.15, -0.1) is 11.8 Å². The van der Waals surface area contributed by atoms with Crippen molar-refractivity contribution in [1.82, 2.24) is 10.3 Å². The highest BCUT2D eigenvalue weighted by Gasteiger charge is 2.29. The number of hydrogen-bond acceptors (Lipinski definition) is 6. The summed E-state index contributed by atoms with van der Waals surface area (Å²) in [6.07, 6.45) is 1.61. The van der Waals surface area contributed by atoms with Crippen LogP contribution in [0.1, 0.15) is 10.4 Å². The third-order valence-corrected chi connectivity index (χ3v) is 7.17. The molecular weight excluding hydrogens is 465 g/mol. The molecule has 6 nitrogen and oxygen atoms in total. The predicted octanol–water partition coefficient (Wildman–Crippen LogP) is 5.25. The number of nitrogens with zero attached hydrogens (tertiary/aromatic N) is 3. The molecule has 0 radical (unpaired) electrons. The van der Waals surface area contributed by atoms with Crippen LogP contribution in [0.4, 0.5) is 22.9 Å². The van der Waals surface area contributed by atoms with E-state index >= 15 is 0 Å². The van der Waals surface area contributed by atoms with Crippen LogP contribution in [0.5, 0.6) is 0 Å². The maximum atomic E-state index is 13.1. The van der Waals surface area contributed by atoms with Crippen molar-refractivity contribution in [3.05, 3.63) is 70.3 Å². The van der Waals surface area contributed by atoms with Crippen LogP contribution in [-0.4, -0.2) is 42.9 Å². The Morgan fingerprint density at radius 1 is 1.03 bits per heavy atom. The number of hydrogen-bond donors (Lipinski definition) is 2. The van der Waals surface area contributed by atoms with E-state index < -0.39 is 0 Å². The molecule has 0 unspecified atom stereocenters. The van der Waals surface area contributed by atoms with E-state index in [0.717, 1.165) is 36.8 Å². The monoisotopic (exact) mass is 485 g/mol. The van der Waals surface area contributed by atoms with Crippen LogP contribution in [0.15, 0.2) is 59.6 Å². The van der Waals surface area contributed by atoms with Gasteiger partial charge < -0.3 is 15.5 Å². The number of pyridine rings is 1. The van der Waals surface area contributed by atoms with Crippen LogP contribution in [0.3, 0.4) is 0 Å². The Morgan fingerprint density at radius 2 is 1.75 bits per heavy atom. The molecule has 9 heteroatoms. The van der Waals surface area contributed by atoms with Crippen molar-refractivity contribution in [3.8, 4) is 0 Å². The standard InChI is InChI=1S/C23H21Cl2N5OS/c24-18-2-1-3-19(25)22(18)30-14-32-20-12-21(27-13-17(20)23(30)31)28-15-4-6-16(7-5-15)29-10-8-26-9-11-29/h1-7,12-13,26H,8-11,14H2,(H,27,28). The second kappa shape index (κ2) is 9.19. The average Bonchev–Trinajstić information content (AvgIpc) is 2.81. The van der Waals surface area contributed by atoms with Gasteiger partial charge in [-0.05, 0) is 42.5 Å². The maximum Gasteiger partial charge on any atom is 0.261 e. The molecule has 1 saturated heterocycles. The zero-order valence-corrected chi connectivity index (χ0v) is 19.5. The van der Waals surface area contributed by atoms with Crippen molar-refractivity contribution >= 4 is 63.8 Å². The van der Waals surface area contributed by atoms with Crippen molar-refractivity contribution in [1.29, 1.82) is 0 Å². The topological polar surface area (TPSA) is 60.5 Å². The normalized spacial score (nSPS) is 16.1. The van der Waals surface area contributed by atoms with Crippen molar-refractivity contribution in [2.24, 2.45) is 0 Å². The van der Waals surface area contributed by atoms with Gasteiger partial charge in [-0.2, -0.15) is 0 Å². The molecular formula is C23H21Cl2N5OS. The third kappa shape index (κ3) is 4.26. The van der Waals surface area contributed by atoms with E-state index in [1.165, 1.54) is 5.69 Å². The van der Waals surface area contributed by atoms with Gasteiger partial charge >= 0.3 is 0 Å². The van der Waals surface area contributed by atoms with Gasteiger partial charge in [0.1, 0.15) is 5.82 Å². The smallest absolute Gasteiger partial charge is 0.261 e. The number of thioether (sulfide) groups is 1. The summed E-state index contributed by atoms with van der Waals surface area (Å²) >= 11 is 14.2. The summed E-state index contributed by atoms with van der Waals surface area (Å²) in [4.78, 5) is 22.4. The number of benzene rings is 2. The number of anilines is 4. The first-order valence-corrected chi connectivity index (χ1v) is 12.1. The van der Waals surface area contributed by atoms with Gasteiger partial charge in [-0.3, -0.25) is 9.69 Å². The predicted molar refractivity (Wildman–Crippen MR) is 133 cm³/mol. The SMILES string of the molecule is O=C1c2cnc(Nc3ccc(N4CCNCC4)cc3)cc2SCN1c1c(Cl)cccc1Cl. The molecule has 3 heterocycles. The fourth-order valence-electron chi connectivity index (χ4n) is 3.86. The van der Waals surface area contributed by atoms with Crippen LogP contribution in [0.25, 0.3) is 0 Å². The number of halogens is 2. The molecule has 0 saturated carbocycles. The van der Waals surface area contributed by atoms with Gasteiger partial charge in [0, 0.05) is 48.6 Å². The van der Waals surface area contributed by atoms with Gasteiger partial charge in [0.05, 0.1) is 27.2 Å². The molecule has 0 bridgehead atoms. The van der Waals surface area contributed by atoms with Crippen LogP contribution >= 0.6 is 35.0 Å². The summed E-state index contributed by atoms with van der Waals surface area (Å²) in [6, 6.07) is 15.5. The number of nitrogens with one attached hydrogen (secondary N) is 2. The van der Waals surface area contributed by atoms with Gasteiger partial charge in [-0.1, -0.05) is 29.3 Å². The van der Waals surface area contributed by atoms with Crippen LogP contribution in [-0.2, 0) is 0 Å². The molecule has 164 valence electrons. The van der Waals surface area contributed by atoms with Crippen molar-refractivity contribution in [2.75, 3.05) is 47.2 Å². The first-order chi connectivity index (χ1) is 15.6. The van der Waals surface area contributed by atoms with Crippen LogP contribution in [0.2, 0.25) is 10.0 Å². The van der Waals surface area contributed by atoms with E-state index in [-0.39, 0.29) is 5.91 Å². The number of carbonyl (C=O) groups is 1. The molecule has 3 aromatic rings. The minimum atomic E-state index is -0.159. The lowest BCUT2D eigenvalue weighted by atomic mass is 10.2. The number of para-hydroxylation sites is 1. The molecule has 2 aromatic carbocycles. The highest BCUT2D eigenvalue weighted by molar-refractivity contribution is 7.99. The first-order valence-electron chi connectivity index (χ1n) is 10.3. The first kappa shape index (κ1) is 21.4. The fraction of sp³-hybridized carbons (Fsp3) is 0.217. The van der Waals surface area contributed by atoms with Gasteiger partial charge in [0.25, 0.3) is 5.91 Å². The largest absolute Gasteiger partial charge is 0.369 e. The lowest BCUT2D eigenvalue weighted by Crippen LogP contribution is -2.43. The second-order valence-electron chi connectivity index (χ2n) is 7.55. The number of carbonyl (C=O) groups excluding carboxylic acids is 1. The lowest BCUT2D eigenvalue weighted by molar-refractivity contribution is 0.0986. The summed E-state index contributed by atoms with van der Waals surface area (Å²) in [5, 5.41) is 7.61. The van der Waals surface area contributed by atoms with Crippen LogP contribution < -0.4 is 20.4 Å². The molecule has 2 N–H and O–H groups in total. The molecule has 32 heavy (non-hydrogen) atoms. The number of aromatic nitrogens is 1. The Labute approximate surface area is 200 Å². The quantitative estimate of drug-likeness (QED) is 0.525. The van der Waals surface area contributed by atoms with Crippen molar-refractivity contribution in [3.63, 3.8) is 0 Å². The van der Waals surface area contributed by atoms with Gasteiger partial charge in [-0.25, -0.2) is 4.98 Å². The van der Waals surface area contributed by atoms with Crippen molar-refractivity contribution in [2.45, 2.75) is 4.90 Å². The maximum absolute atomic E-state index is 13.1. The van der Waals surface area contributed by atoms with Gasteiger partial charge in [0.2, 0.25) is 0 Å². The number of rotatable bonds is 4. The van der Waals surface area contributed by atoms with E-state index in [2.05, 4.69) is 44.8 Å². The fourth-order valence-corrected chi connectivity index (χ4v) is 5.47. The summed E-state index contributed by atoms with van der Waals surface area (Å²) < 4.78 is 0. The Morgan fingerprint density at radius 3 is 2.47 bits per heavy atom. The molecule has 2 aliphatic rings. The minimum Gasteiger partial charge on any atom is -0.369 e. The van der Waals surface area contributed by atoms with Crippen LogP contribution in [0, 0.1) is 0 Å².